The number of aromatic nitrogens is 3. The third kappa shape index (κ3) is 5.47. The van der Waals surface area contributed by atoms with Crippen molar-refractivity contribution >= 4 is 39.6 Å². The lowest BCUT2D eigenvalue weighted by Crippen LogP contribution is -2.37. The van der Waals surface area contributed by atoms with Crippen LogP contribution in [0.3, 0.4) is 0 Å². The summed E-state index contributed by atoms with van der Waals surface area (Å²) >= 11 is 6.73. The molecule has 4 N–H and O–H groups in total. The van der Waals surface area contributed by atoms with Crippen LogP contribution in [0.1, 0.15) is 37.9 Å². The zero-order chi connectivity index (χ0) is 26.7. The molecule has 38 heavy (non-hydrogen) atoms. The van der Waals surface area contributed by atoms with Gasteiger partial charge in [0.1, 0.15) is 6.07 Å². The van der Waals surface area contributed by atoms with Crippen molar-refractivity contribution in [2.24, 2.45) is 5.41 Å². The number of pyridine rings is 3. The lowest BCUT2D eigenvalue weighted by Gasteiger charge is -2.23. The second kappa shape index (κ2) is 10.5. The monoisotopic (exact) mass is 525 g/mol. The summed E-state index contributed by atoms with van der Waals surface area (Å²) in [7, 11) is 0. The van der Waals surface area contributed by atoms with E-state index in [-0.39, 0.29) is 11.5 Å². The van der Waals surface area contributed by atoms with E-state index >= 15 is 0 Å². The van der Waals surface area contributed by atoms with Crippen molar-refractivity contribution in [2.75, 3.05) is 22.2 Å². The lowest BCUT2D eigenvalue weighted by atomic mass is 9.96. The first-order valence-corrected chi connectivity index (χ1v) is 12.6. The van der Waals surface area contributed by atoms with Crippen LogP contribution in [0.2, 0.25) is 5.02 Å². The van der Waals surface area contributed by atoms with Gasteiger partial charge in [0.2, 0.25) is 0 Å². The van der Waals surface area contributed by atoms with E-state index in [0.29, 0.717) is 22.6 Å². The smallest absolute Gasteiger partial charge is 0.103 e. The quantitative estimate of drug-likeness (QED) is 0.247. The van der Waals surface area contributed by atoms with Gasteiger partial charge in [0.25, 0.3) is 0 Å². The van der Waals surface area contributed by atoms with Gasteiger partial charge in [0.05, 0.1) is 45.4 Å². The number of anilines is 3. The molecular formula is C28H28ClN9. The number of rotatable bonds is 7. The van der Waals surface area contributed by atoms with Crippen LogP contribution in [0.5, 0.6) is 0 Å². The average Bonchev–Trinajstić information content (AvgIpc) is 3.41. The fraction of sp³-hybridized carbons (Fsp3) is 0.214. The Labute approximate surface area is 226 Å². The molecule has 1 atom stereocenters. The first-order chi connectivity index (χ1) is 18.3. The molecule has 4 heterocycles. The number of nitrogens with zero attached hydrogens (tertiary/aromatic N) is 5. The van der Waals surface area contributed by atoms with Crippen molar-refractivity contribution in [3.8, 4) is 6.07 Å². The Morgan fingerprint density at radius 2 is 1.89 bits per heavy atom. The molecule has 0 aliphatic carbocycles. The summed E-state index contributed by atoms with van der Waals surface area (Å²) in [5, 5.41) is 20.0. The molecule has 1 aliphatic heterocycles. The number of hydrogen-bond acceptors (Lipinski definition) is 9. The third-order valence-corrected chi connectivity index (χ3v) is 6.28. The number of benzene rings is 1. The molecule has 4 aromatic rings. The summed E-state index contributed by atoms with van der Waals surface area (Å²) in [6.45, 7) is 7.10. The zero-order valence-electron chi connectivity index (χ0n) is 21.3. The largest absolute Gasteiger partial charge is 0.383 e. The van der Waals surface area contributed by atoms with Gasteiger partial charge in [-0.3, -0.25) is 20.0 Å². The summed E-state index contributed by atoms with van der Waals surface area (Å²) in [4.78, 5) is 13.0. The third-order valence-electron chi connectivity index (χ3n) is 5.99. The minimum atomic E-state index is -0.288. The van der Waals surface area contributed by atoms with E-state index < -0.39 is 0 Å². The average molecular weight is 526 g/mol. The van der Waals surface area contributed by atoms with Crippen molar-refractivity contribution in [3.63, 3.8) is 0 Å². The van der Waals surface area contributed by atoms with Crippen LogP contribution in [0.25, 0.3) is 10.9 Å². The van der Waals surface area contributed by atoms with Gasteiger partial charge in [-0.15, -0.1) is 5.53 Å². The second-order valence-corrected chi connectivity index (χ2v) is 10.6. The van der Waals surface area contributed by atoms with E-state index in [2.05, 4.69) is 63.4 Å². The number of halogens is 1. The van der Waals surface area contributed by atoms with Crippen LogP contribution in [0.4, 0.5) is 17.1 Å². The fourth-order valence-corrected chi connectivity index (χ4v) is 4.40. The Bertz CT molecular complexity index is 1510. The zero-order valence-corrected chi connectivity index (χ0v) is 22.1. The van der Waals surface area contributed by atoms with Crippen LogP contribution in [-0.2, 0) is 0 Å². The molecule has 0 fully saturated rings. The molecule has 0 spiro atoms. The van der Waals surface area contributed by atoms with E-state index in [4.69, 9.17) is 11.6 Å². The highest BCUT2D eigenvalue weighted by Gasteiger charge is 2.24. The van der Waals surface area contributed by atoms with Crippen molar-refractivity contribution in [1.82, 2.24) is 25.9 Å². The highest BCUT2D eigenvalue weighted by atomic mass is 35.5. The molecule has 0 bridgehead atoms. The Morgan fingerprint density at radius 3 is 2.58 bits per heavy atom. The van der Waals surface area contributed by atoms with E-state index in [9.17, 15) is 5.26 Å². The Hall–Kier alpha value is -4.39. The van der Waals surface area contributed by atoms with Crippen molar-refractivity contribution in [2.45, 2.75) is 26.8 Å². The summed E-state index contributed by atoms with van der Waals surface area (Å²) in [5.41, 5.74) is 11.7. The van der Waals surface area contributed by atoms with Gasteiger partial charge in [-0.2, -0.15) is 5.26 Å². The SMILES string of the molecule is CC(C)(C)CNc1c(C#N)cnc2c(Cl)cc(NC(C3=CN(c4cccnc4)NN3)c3cccnc3)cc12. The van der Waals surface area contributed by atoms with Crippen LogP contribution >= 0.6 is 11.6 Å². The molecule has 1 aliphatic rings. The maximum Gasteiger partial charge on any atom is 0.103 e. The highest BCUT2D eigenvalue weighted by Crippen LogP contribution is 2.36. The normalized spacial score (nSPS) is 14.0. The van der Waals surface area contributed by atoms with Crippen LogP contribution in [-0.4, -0.2) is 21.5 Å². The molecule has 0 saturated heterocycles. The minimum Gasteiger partial charge on any atom is -0.383 e. The van der Waals surface area contributed by atoms with Gasteiger partial charge in [0, 0.05) is 48.6 Å². The van der Waals surface area contributed by atoms with Gasteiger partial charge in [-0.05, 0) is 41.3 Å². The first-order valence-electron chi connectivity index (χ1n) is 12.2. The van der Waals surface area contributed by atoms with E-state index in [1.54, 1.807) is 24.8 Å². The molecular weight excluding hydrogens is 498 g/mol. The summed E-state index contributed by atoms with van der Waals surface area (Å²) in [6, 6.07) is 13.5. The second-order valence-electron chi connectivity index (χ2n) is 10.2. The van der Waals surface area contributed by atoms with E-state index in [0.717, 1.165) is 33.7 Å². The van der Waals surface area contributed by atoms with Gasteiger partial charge >= 0.3 is 0 Å². The van der Waals surface area contributed by atoms with Crippen molar-refractivity contribution in [3.05, 3.63) is 95.4 Å². The fourth-order valence-electron chi connectivity index (χ4n) is 4.14. The van der Waals surface area contributed by atoms with Gasteiger partial charge in [-0.25, -0.2) is 0 Å². The molecule has 10 heteroatoms. The lowest BCUT2D eigenvalue weighted by molar-refractivity contribution is 0.443. The maximum absolute atomic E-state index is 9.79. The molecule has 3 aromatic heterocycles. The number of nitrogens with one attached hydrogen (secondary N) is 4. The number of hydrazine groups is 2. The predicted octanol–water partition coefficient (Wildman–Crippen LogP) is 5.53. The summed E-state index contributed by atoms with van der Waals surface area (Å²) in [6.07, 6.45) is 10.6. The Balaban J connectivity index is 1.55. The molecule has 0 amide bonds. The predicted molar refractivity (Wildman–Crippen MR) is 151 cm³/mol. The highest BCUT2D eigenvalue weighted by molar-refractivity contribution is 6.35. The molecule has 1 aromatic carbocycles. The van der Waals surface area contributed by atoms with Crippen LogP contribution in [0, 0.1) is 16.7 Å². The van der Waals surface area contributed by atoms with Crippen LogP contribution < -0.4 is 26.6 Å². The molecule has 9 nitrogen and oxygen atoms in total. The molecule has 0 radical (unpaired) electrons. The molecule has 1 unspecified atom stereocenters. The van der Waals surface area contributed by atoms with Gasteiger partial charge in [-0.1, -0.05) is 38.4 Å². The first kappa shape index (κ1) is 25.3. The molecule has 192 valence electrons. The standard InChI is InChI=1S/C28H28ClN9/c1-28(2,3)17-34-25-19(12-30)14-33-27-22(25)10-20(11-23(27)29)35-26(18-6-4-8-31-13-18)24-16-38(37-36-24)21-7-5-9-32-15-21/h4-11,13-16,26,35-37H,17H2,1-3H3,(H,33,34). The number of nitriles is 1. The van der Waals surface area contributed by atoms with Crippen LogP contribution in [0.15, 0.2) is 79.3 Å². The van der Waals surface area contributed by atoms with Crippen molar-refractivity contribution in [1.29, 1.82) is 5.26 Å². The van der Waals surface area contributed by atoms with Gasteiger partial charge in [0.15, 0.2) is 0 Å². The minimum absolute atomic E-state index is 0.0150. The maximum atomic E-state index is 9.79. The van der Waals surface area contributed by atoms with E-state index in [1.807, 2.05) is 53.8 Å². The Kier molecular flexibility index (Phi) is 7.01. The Morgan fingerprint density at radius 1 is 1.11 bits per heavy atom. The number of fused-ring (bicyclic) bond motifs is 1. The molecule has 0 saturated carbocycles. The van der Waals surface area contributed by atoms with E-state index in [1.165, 1.54) is 0 Å². The van der Waals surface area contributed by atoms with Crippen molar-refractivity contribution < 1.29 is 0 Å². The summed E-state index contributed by atoms with van der Waals surface area (Å²) < 4.78 is 0. The topological polar surface area (TPSA) is 114 Å². The van der Waals surface area contributed by atoms with Gasteiger partial charge < -0.3 is 16.1 Å². The summed E-state index contributed by atoms with van der Waals surface area (Å²) in [5.74, 6) is 0. The molecule has 5 rings (SSSR count). The number of hydrogen-bond donors (Lipinski definition) is 4.